The monoisotopic (exact) mass is 478 g/mol. The van der Waals surface area contributed by atoms with E-state index >= 15 is 0 Å². The van der Waals surface area contributed by atoms with Crippen LogP contribution in [0.3, 0.4) is 0 Å². The van der Waals surface area contributed by atoms with Gasteiger partial charge >= 0.3 is 0 Å². The van der Waals surface area contributed by atoms with E-state index in [0.717, 1.165) is 6.42 Å². The van der Waals surface area contributed by atoms with E-state index in [2.05, 4.69) is 19.8 Å². The van der Waals surface area contributed by atoms with Gasteiger partial charge in [0.15, 0.2) is 0 Å². The van der Waals surface area contributed by atoms with E-state index in [1.54, 1.807) is 13.0 Å². The highest BCUT2D eigenvalue weighted by molar-refractivity contribution is 7.90. The van der Waals surface area contributed by atoms with Crippen LogP contribution < -0.4 is 14.8 Å². The molecule has 1 heterocycles. The van der Waals surface area contributed by atoms with Gasteiger partial charge in [0.1, 0.15) is 5.84 Å². The van der Waals surface area contributed by atoms with Crippen LogP contribution in [0.25, 0.3) is 0 Å². The van der Waals surface area contributed by atoms with Crippen molar-refractivity contribution in [3.05, 3.63) is 54.1 Å². The molecule has 2 aromatic carbocycles. The first-order chi connectivity index (χ1) is 15.1. The van der Waals surface area contributed by atoms with E-state index in [9.17, 15) is 21.6 Å². The Balaban J connectivity index is 1.77. The first kappa shape index (κ1) is 23.9. The van der Waals surface area contributed by atoms with Gasteiger partial charge in [0.2, 0.25) is 10.0 Å². The van der Waals surface area contributed by atoms with Gasteiger partial charge in [0.05, 0.1) is 9.79 Å². The third-order valence-electron chi connectivity index (χ3n) is 4.90. The number of carbonyl (C=O) groups excluding carboxylic acids is 1. The fourth-order valence-electron chi connectivity index (χ4n) is 3.00. The largest absolute Gasteiger partial charge is 0.322 e. The van der Waals surface area contributed by atoms with Crippen LogP contribution in [0.2, 0.25) is 0 Å². The average molecular weight is 479 g/mol. The average Bonchev–Trinajstić information content (AvgIpc) is 3.26. The number of nitrogens with one attached hydrogen (secondary N) is 3. The van der Waals surface area contributed by atoms with Gasteiger partial charge in [-0.3, -0.25) is 14.5 Å². The van der Waals surface area contributed by atoms with Crippen molar-refractivity contribution >= 4 is 37.5 Å². The normalized spacial score (nSPS) is 15.1. The molecule has 0 aromatic heterocycles. The molecule has 9 nitrogen and oxygen atoms in total. The number of aliphatic imine (C=N–C) groups is 1. The van der Waals surface area contributed by atoms with E-state index in [0.29, 0.717) is 25.2 Å². The van der Waals surface area contributed by atoms with E-state index in [1.165, 1.54) is 42.5 Å². The van der Waals surface area contributed by atoms with Crippen LogP contribution in [0.15, 0.2) is 63.3 Å². The van der Waals surface area contributed by atoms with Gasteiger partial charge in [-0.1, -0.05) is 19.1 Å². The third kappa shape index (κ3) is 5.93. The number of hydrogen-bond acceptors (Lipinski definition) is 6. The Morgan fingerprint density at radius 2 is 1.72 bits per heavy atom. The maximum absolute atomic E-state index is 12.7. The zero-order chi connectivity index (χ0) is 23.4. The lowest BCUT2D eigenvalue weighted by atomic mass is 10.2. The Hall–Kier alpha value is -2.76. The first-order valence-corrected chi connectivity index (χ1v) is 13.2. The highest BCUT2D eigenvalue weighted by atomic mass is 32.2. The zero-order valence-electron chi connectivity index (χ0n) is 17.8. The molecule has 1 unspecified atom stereocenters. The van der Waals surface area contributed by atoms with E-state index < -0.39 is 26.0 Å². The molecule has 0 fully saturated rings. The molecule has 32 heavy (non-hydrogen) atoms. The highest BCUT2D eigenvalue weighted by Gasteiger charge is 2.20. The molecular formula is C21H26N4O5S2. The van der Waals surface area contributed by atoms with E-state index in [1.807, 2.05) is 6.92 Å². The minimum absolute atomic E-state index is 0.0148. The van der Waals surface area contributed by atoms with Crippen molar-refractivity contribution in [3.63, 3.8) is 0 Å². The Labute approximate surface area is 188 Å². The Kier molecular flexibility index (Phi) is 7.32. The van der Waals surface area contributed by atoms with Gasteiger partial charge in [0, 0.05) is 30.3 Å². The lowest BCUT2D eigenvalue weighted by molar-refractivity contribution is 0.102. The summed E-state index contributed by atoms with van der Waals surface area (Å²) in [5, 5.41) is 2.62. The molecule has 2 aromatic rings. The fraction of sp³-hybridized carbons (Fsp3) is 0.333. The molecule has 11 heteroatoms. The van der Waals surface area contributed by atoms with Crippen LogP contribution >= 0.6 is 0 Å². The van der Waals surface area contributed by atoms with Gasteiger partial charge in [-0.05, 0) is 56.2 Å². The minimum atomic E-state index is -3.83. The van der Waals surface area contributed by atoms with Crippen LogP contribution in [0.1, 0.15) is 43.5 Å². The Morgan fingerprint density at radius 3 is 2.38 bits per heavy atom. The second kappa shape index (κ2) is 9.80. The van der Waals surface area contributed by atoms with Crippen LogP contribution in [0.5, 0.6) is 0 Å². The van der Waals surface area contributed by atoms with Gasteiger partial charge in [-0.2, -0.15) is 0 Å². The van der Waals surface area contributed by atoms with Gasteiger partial charge in [0.25, 0.3) is 15.9 Å². The van der Waals surface area contributed by atoms with E-state index in [4.69, 9.17) is 0 Å². The second-order valence-electron chi connectivity index (χ2n) is 7.48. The third-order valence-corrected chi connectivity index (χ3v) is 7.87. The summed E-state index contributed by atoms with van der Waals surface area (Å²) >= 11 is 0. The molecule has 172 valence electrons. The number of sulfonamides is 2. The predicted molar refractivity (Wildman–Crippen MR) is 123 cm³/mol. The SMILES string of the molecule is CCC(C)NS(=O)(=O)c1cccc(C(=O)Nc2cccc(S(=O)(=O)NC3=NCCC3)c2)c1. The zero-order valence-corrected chi connectivity index (χ0v) is 19.5. The summed E-state index contributed by atoms with van der Waals surface area (Å²) in [6, 6.07) is 11.2. The number of amidine groups is 1. The summed E-state index contributed by atoms with van der Waals surface area (Å²) in [6.07, 6.45) is 2.00. The van der Waals surface area contributed by atoms with Crippen molar-refractivity contribution < 1.29 is 21.6 Å². The topological polar surface area (TPSA) is 134 Å². The van der Waals surface area contributed by atoms with Crippen molar-refractivity contribution in [2.45, 2.75) is 48.9 Å². The molecule has 0 saturated carbocycles. The van der Waals surface area contributed by atoms with Crippen molar-refractivity contribution in [2.24, 2.45) is 4.99 Å². The van der Waals surface area contributed by atoms with Crippen LogP contribution in [-0.2, 0) is 20.0 Å². The Bertz CT molecular complexity index is 1240. The minimum Gasteiger partial charge on any atom is -0.322 e. The number of carbonyl (C=O) groups is 1. The molecule has 3 N–H and O–H groups in total. The number of rotatable bonds is 8. The summed E-state index contributed by atoms with van der Waals surface area (Å²) in [5.41, 5.74) is 0.390. The second-order valence-corrected chi connectivity index (χ2v) is 10.9. The summed E-state index contributed by atoms with van der Waals surface area (Å²) < 4.78 is 55.2. The van der Waals surface area contributed by atoms with Gasteiger partial charge in [-0.15, -0.1) is 0 Å². The number of hydrogen-bond donors (Lipinski definition) is 3. The molecule has 0 spiro atoms. The highest BCUT2D eigenvalue weighted by Crippen LogP contribution is 2.18. The van der Waals surface area contributed by atoms with Crippen molar-refractivity contribution in [2.75, 3.05) is 11.9 Å². The molecule has 0 radical (unpaired) electrons. The van der Waals surface area contributed by atoms with Crippen molar-refractivity contribution in [1.29, 1.82) is 0 Å². The standard InChI is InChI=1S/C21H26N4O5S2/c1-3-15(2)24-31(27,28)18-9-4-7-16(13-18)21(26)23-17-8-5-10-19(14-17)32(29,30)25-20-11-6-12-22-20/h4-5,7-10,13-15,24H,3,6,11-12H2,1-2H3,(H,22,25)(H,23,26). The number of nitrogens with zero attached hydrogens (tertiary/aromatic N) is 1. The maximum Gasteiger partial charge on any atom is 0.262 e. The maximum atomic E-state index is 12.7. The summed E-state index contributed by atoms with van der Waals surface area (Å²) in [5.74, 6) is -0.142. The van der Waals surface area contributed by atoms with Crippen LogP contribution in [0, 0.1) is 0 Å². The van der Waals surface area contributed by atoms with Crippen LogP contribution in [-0.4, -0.2) is 41.2 Å². The number of anilines is 1. The molecule has 0 aliphatic carbocycles. The molecule has 0 saturated heterocycles. The van der Waals surface area contributed by atoms with Gasteiger partial charge in [-0.25, -0.2) is 21.6 Å². The molecule has 3 rings (SSSR count). The number of amides is 1. The molecular weight excluding hydrogens is 452 g/mol. The predicted octanol–water partition coefficient (Wildman–Crippen LogP) is 2.49. The smallest absolute Gasteiger partial charge is 0.262 e. The van der Waals surface area contributed by atoms with Crippen molar-refractivity contribution in [1.82, 2.24) is 9.44 Å². The van der Waals surface area contributed by atoms with E-state index in [-0.39, 0.29) is 27.1 Å². The summed E-state index contributed by atoms with van der Waals surface area (Å²) in [4.78, 5) is 16.8. The molecule has 1 atom stereocenters. The quantitative estimate of drug-likeness (QED) is 0.536. The fourth-order valence-corrected chi connectivity index (χ4v) is 5.51. The Morgan fingerprint density at radius 1 is 1.03 bits per heavy atom. The first-order valence-electron chi connectivity index (χ1n) is 10.2. The van der Waals surface area contributed by atoms with Crippen molar-refractivity contribution in [3.8, 4) is 0 Å². The molecule has 0 bridgehead atoms. The summed E-state index contributed by atoms with van der Waals surface area (Å²) in [6.45, 7) is 4.21. The number of benzene rings is 2. The molecule has 1 aliphatic heterocycles. The summed E-state index contributed by atoms with van der Waals surface area (Å²) in [7, 11) is -7.59. The lowest BCUT2D eigenvalue weighted by Crippen LogP contribution is -2.32. The van der Waals surface area contributed by atoms with Crippen LogP contribution in [0.4, 0.5) is 5.69 Å². The molecule has 1 amide bonds. The van der Waals surface area contributed by atoms with Gasteiger partial charge < -0.3 is 5.32 Å². The molecule has 1 aliphatic rings. The lowest BCUT2D eigenvalue weighted by Gasteiger charge is -2.13.